The molecule has 2 aliphatic heterocycles. The fraction of sp³-hybridized carbons (Fsp3) is 0.529. The lowest BCUT2D eigenvalue weighted by Gasteiger charge is -2.34. The van der Waals surface area contributed by atoms with Crippen LogP contribution in [0.3, 0.4) is 0 Å². The number of rotatable bonds is 1. The van der Waals surface area contributed by atoms with Crippen molar-refractivity contribution in [3.8, 4) is 0 Å². The summed E-state index contributed by atoms with van der Waals surface area (Å²) in [6.45, 7) is 4.80. The number of aromatic nitrogens is 1. The van der Waals surface area contributed by atoms with E-state index in [4.69, 9.17) is 0 Å². The van der Waals surface area contributed by atoms with E-state index in [1.807, 2.05) is 19.1 Å². The normalized spacial score (nSPS) is 18.0. The molecule has 1 aromatic rings. The molecule has 0 aromatic carbocycles. The smallest absolute Gasteiger partial charge is 0.312 e. The molecular formula is C17H22N4O3. The highest BCUT2D eigenvalue weighted by molar-refractivity contribution is 6.35. The van der Waals surface area contributed by atoms with E-state index >= 15 is 0 Å². The van der Waals surface area contributed by atoms with E-state index in [1.165, 1.54) is 0 Å². The largest absolute Gasteiger partial charge is 0.334 e. The number of aryl methyl sites for hydroxylation is 1. The highest BCUT2D eigenvalue weighted by Crippen LogP contribution is 2.12. The summed E-state index contributed by atoms with van der Waals surface area (Å²) in [5, 5.41) is 0. The van der Waals surface area contributed by atoms with Gasteiger partial charge in [-0.2, -0.15) is 0 Å². The zero-order valence-corrected chi connectivity index (χ0v) is 13.9. The molecule has 3 heterocycles. The molecule has 24 heavy (non-hydrogen) atoms. The first-order chi connectivity index (χ1) is 11.6. The molecule has 0 bridgehead atoms. The van der Waals surface area contributed by atoms with Gasteiger partial charge >= 0.3 is 11.8 Å². The molecule has 0 unspecified atom stereocenters. The summed E-state index contributed by atoms with van der Waals surface area (Å²) in [5.74, 6) is -0.984. The van der Waals surface area contributed by atoms with Crippen LogP contribution >= 0.6 is 0 Å². The third-order valence-electron chi connectivity index (χ3n) is 4.54. The Hall–Kier alpha value is -2.44. The quantitative estimate of drug-likeness (QED) is 0.694. The van der Waals surface area contributed by atoms with Crippen LogP contribution in [0, 0.1) is 6.92 Å². The number of piperazine rings is 1. The van der Waals surface area contributed by atoms with Crippen LogP contribution < -0.4 is 0 Å². The van der Waals surface area contributed by atoms with Crippen molar-refractivity contribution in [2.24, 2.45) is 0 Å². The number of likely N-dealkylation sites (tertiary alicyclic amines) is 1. The average Bonchev–Trinajstić information content (AvgIpc) is 3.14. The number of carbonyl (C=O) groups excluding carboxylic acids is 3. The van der Waals surface area contributed by atoms with Gasteiger partial charge in [0.2, 0.25) is 0 Å². The van der Waals surface area contributed by atoms with E-state index in [1.54, 1.807) is 20.8 Å². The fourth-order valence-corrected chi connectivity index (χ4v) is 3.13. The van der Waals surface area contributed by atoms with E-state index < -0.39 is 11.8 Å². The van der Waals surface area contributed by atoms with Crippen molar-refractivity contribution in [1.82, 2.24) is 19.7 Å². The van der Waals surface area contributed by atoms with Crippen LogP contribution in [0.2, 0.25) is 0 Å². The Morgan fingerprint density at radius 1 is 0.833 bits per heavy atom. The Bertz CT molecular complexity index is 647. The Morgan fingerprint density at radius 3 is 1.96 bits per heavy atom. The minimum atomic E-state index is -0.447. The summed E-state index contributed by atoms with van der Waals surface area (Å²) in [4.78, 5) is 46.0. The molecule has 0 saturated carbocycles. The van der Waals surface area contributed by atoms with Crippen molar-refractivity contribution < 1.29 is 14.4 Å². The van der Waals surface area contributed by atoms with Crippen molar-refractivity contribution in [1.29, 1.82) is 0 Å². The lowest BCUT2D eigenvalue weighted by molar-refractivity contribution is -0.152. The maximum Gasteiger partial charge on any atom is 0.312 e. The molecule has 2 saturated heterocycles. The molecule has 0 atom stereocenters. The van der Waals surface area contributed by atoms with Crippen molar-refractivity contribution in [3.05, 3.63) is 29.6 Å². The second kappa shape index (κ2) is 6.98. The van der Waals surface area contributed by atoms with Gasteiger partial charge in [-0.1, -0.05) is 6.07 Å². The number of nitrogens with zero attached hydrogens (tertiary/aromatic N) is 4. The third kappa shape index (κ3) is 3.39. The van der Waals surface area contributed by atoms with Crippen LogP contribution in [0.25, 0.3) is 0 Å². The molecule has 0 spiro atoms. The number of hydrogen-bond donors (Lipinski definition) is 0. The van der Waals surface area contributed by atoms with Crippen molar-refractivity contribution >= 4 is 17.7 Å². The topological polar surface area (TPSA) is 73.8 Å². The van der Waals surface area contributed by atoms with Gasteiger partial charge in [0.25, 0.3) is 5.91 Å². The first-order valence-electron chi connectivity index (χ1n) is 8.37. The molecule has 3 amide bonds. The zero-order valence-electron chi connectivity index (χ0n) is 13.9. The molecule has 1 aromatic heterocycles. The second-order valence-corrected chi connectivity index (χ2v) is 6.25. The predicted molar refractivity (Wildman–Crippen MR) is 87.3 cm³/mol. The zero-order chi connectivity index (χ0) is 17.1. The molecule has 7 heteroatoms. The highest BCUT2D eigenvalue weighted by atomic mass is 16.2. The van der Waals surface area contributed by atoms with Crippen molar-refractivity contribution in [2.75, 3.05) is 39.3 Å². The molecule has 3 rings (SSSR count). The summed E-state index contributed by atoms with van der Waals surface area (Å²) >= 11 is 0. The Morgan fingerprint density at radius 2 is 1.38 bits per heavy atom. The number of hydrogen-bond acceptors (Lipinski definition) is 4. The number of pyridine rings is 1. The van der Waals surface area contributed by atoms with E-state index in [-0.39, 0.29) is 5.91 Å². The maximum atomic E-state index is 12.5. The Labute approximate surface area is 141 Å². The van der Waals surface area contributed by atoms with Crippen molar-refractivity contribution in [2.45, 2.75) is 19.8 Å². The van der Waals surface area contributed by atoms with Crippen LogP contribution in [0.5, 0.6) is 0 Å². The SMILES string of the molecule is Cc1cccc(C(=O)N2CCN(C(=O)C(=O)N3CCCC3)CC2)n1. The van der Waals surface area contributed by atoms with Gasteiger partial charge in [-0.05, 0) is 31.9 Å². The van der Waals surface area contributed by atoms with Crippen LogP contribution in [0.1, 0.15) is 29.0 Å². The maximum absolute atomic E-state index is 12.5. The standard InChI is InChI=1S/C17H22N4O3/c1-13-5-4-6-14(18-13)15(22)20-9-11-21(12-10-20)17(24)16(23)19-7-2-3-8-19/h4-6H,2-3,7-12H2,1H3. The van der Waals surface area contributed by atoms with E-state index in [2.05, 4.69) is 4.98 Å². The molecule has 7 nitrogen and oxygen atoms in total. The molecule has 0 radical (unpaired) electrons. The number of amides is 3. The first kappa shape index (κ1) is 16.4. The molecular weight excluding hydrogens is 308 g/mol. The van der Waals surface area contributed by atoms with Crippen LogP contribution in [0.4, 0.5) is 0 Å². The van der Waals surface area contributed by atoms with Gasteiger partial charge in [0, 0.05) is 45.0 Å². The summed E-state index contributed by atoms with van der Waals surface area (Å²) in [5.41, 5.74) is 1.22. The van der Waals surface area contributed by atoms with Crippen LogP contribution in [-0.4, -0.2) is 76.7 Å². The molecule has 2 fully saturated rings. The lowest BCUT2D eigenvalue weighted by atomic mass is 10.2. The van der Waals surface area contributed by atoms with E-state index in [0.29, 0.717) is 45.0 Å². The Kier molecular flexibility index (Phi) is 4.78. The second-order valence-electron chi connectivity index (χ2n) is 6.25. The van der Waals surface area contributed by atoms with Gasteiger partial charge in [-0.15, -0.1) is 0 Å². The molecule has 0 N–H and O–H groups in total. The van der Waals surface area contributed by atoms with Crippen molar-refractivity contribution in [3.63, 3.8) is 0 Å². The molecule has 128 valence electrons. The minimum Gasteiger partial charge on any atom is -0.334 e. The van der Waals surface area contributed by atoms with Gasteiger partial charge in [0.1, 0.15) is 5.69 Å². The van der Waals surface area contributed by atoms with Crippen LogP contribution in [0.15, 0.2) is 18.2 Å². The predicted octanol–water partition coefficient (Wildman–Crippen LogP) is 0.297. The molecule has 0 aliphatic carbocycles. The summed E-state index contributed by atoms with van der Waals surface area (Å²) < 4.78 is 0. The van der Waals surface area contributed by atoms with Gasteiger partial charge in [-0.25, -0.2) is 4.98 Å². The number of carbonyl (C=O) groups is 3. The summed E-state index contributed by atoms with van der Waals surface area (Å²) in [6, 6.07) is 5.35. The Balaban J connectivity index is 1.56. The van der Waals surface area contributed by atoms with Gasteiger partial charge in [0.05, 0.1) is 0 Å². The average molecular weight is 330 g/mol. The monoisotopic (exact) mass is 330 g/mol. The molecule has 2 aliphatic rings. The third-order valence-corrected chi connectivity index (χ3v) is 4.54. The van der Waals surface area contributed by atoms with Gasteiger partial charge in [0.15, 0.2) is 0 Å². The van der Waals surface area contributed by atoms with Gasteiger partial charge < -0.3 is 14.7 Å². The first-order valence-corrected chi connectivity index (χ1v) is 8.37. The van der Waals surface area contributed by atoms with Crippen LogP contribution in [-0.2, 0) is 9.59 Å². The van der Waals surface area contributed by atoms with E-state index in [9.17, 15) is 14.4 Å². The fourth-order valence-electron chi connectivity index (χ4n) is 3.13. The lowest BCUT2D eigenvalue weighted by Crippen LogP contribution is -2.54. The summed E-state index contributed by atoms with van der Waals surface area (Å²) in [6.07, 6.45) is 1.93. The van der Waals surface area contributed by atoms with Gasteiger partial charge in [-0.3, -0.25) is 14.4 Å². The van der Waals surface area contributed by atoms with E-state index in [0.717, 1.165) is 18.5 Å². The minimum absolute atomic E-state index is 0.128. The summed E-state index contributed by atoms with van der Waals surface area (Å²) in [7, 11) is 0. The highest BCUT2D eigenvalue weighted by Gasteiger charge is 2.32.